The minimum Gasteiger partial charge on any atom is -0.449 e. The number of hydroxylamine groups is 2. The number of fused-ring (bicyclic) bond motifs is 3. The third-order valence-electron chi connectivity index (χ3n) is 6.02. The summed E-state index contributed by atoms with van der Waals surface area (Å²) < 4.78 is 21.3. The lowest BCUT2D eigenvalue weighted by atomic mass is 9.98. The highest BCUT2D eigenvalue weighted by molar-refractivity contribution is 6.01. The van der Waals surface area contributed by atoms with Gasteiger partial charge in [-0.15, -0.1) is 5.06 Å². The van der Waals surface area contributed by atoms with Crippen LogP contribution >= 0.6 is 0 Å². The molecule has 11 heteroatoms. The standard InChI is InChI=1S/C27H30N2O9/c30-24-9-10-25(31)29(24)38-26(32)18-36-16-15-35-14-13-34-12-11-28-27(33)37-17-23-21-7-3-1-5-19(21)20-6-2-4-8-22(20)23/h1-8,23H,9-18H2,(H,28,33). The van der Waals surface area contributed by atoms with Crippen molar-refractivity contribution in [2.24, 2.45) is 0 Å². The van der Waals surface area contributed by atoms with Gasteiger partial charge in [-0.05, 0) is 22.3 Å². The summed E-state index contributed by atoms with van der Waals surface area (Å²) in [5.74, 6) is -1.91. The zero-order valence-corrected chi connectivity index (χ0v) is 20.9. The highest BCUT2D eigenvalue weighted by atomic mass is 16.7. The molecule has 1 aliphatic carbocycles. The van der Waals surface area contributed by atoms with Gasteiger partial charge in [0.05, 0.1) is 33.0 Å². The number of carbonyl (C=O) groups is 4. The lowest BCUT2D eigenvalue weighted by Gasteiger charge is -2.14. The molecule has 0 bridgehead atoms. The summed E-state index contributed by atoms with van der Waals surface area (Å²) in [7, 11) is 0. The van der Waals surface area contributed by atoms with E-state index in [1.54, 1.807) is 0 Å². The Kier molecular flexibility index (Phi) is 9.79. The van der Waals surface area contributed by atoms with Crippen LogP contribution in [0.25, 0.3) is 11.1 Å². The molecule has 38 heavy (non-hydrogen) atoms. The average Bonchev–Trinajstić information content (AvgIpc) is 3.42. The van der Waals surface area contributed by atoms with Crippen LogP contribution < -0.4 is 5.32 Å². The molecule has 2 aromatic carbocycles. The Morgan fingerprint density at radius 2 is 1.34 bits per heavy atom. The van der Waals surface area contributed by atoms with Gasteiger partial charge in [0.2, 0.25) is 0 Å². The van der Waals surface area contributed by atoms with Gasteiger partial charge >= 0.3 is 12.1 Å². The third-order valence-corrected chi connectivity index (χ3v) is 6.02. The van der Waals surface area contributed by atoms with Crippen LogP contribution in [0.2, 0.25) is 0 Å². The zero-order chi connectivity index (χ0) is 26.7. The van der Waals surface area contributed by atoms with Gasteiger partial charge in [-0.1, -0.05) is 48.5 Å². The summed E-state index contributed by atoms with van der Waals surface area (Å²) in [6, 6.07) is 16.3. The molecule has 0 saturated carbocycles. The van der Waals surface area contributed by atoms with E-state index in [0.29, 0.717) is 31.4 Å². The molecule has 1 fully saturated rings. The van der Waals surface area contributed by atoms with Gasteiger partial charge in [-0.2, -0.15) is 0 Å². The Morgan fingerprint density at radius 3 is 1.97 bits per heavy atom. The minimum absolute atomic E-state index is 0.00894. The first-order chi connectivity index (χ1) is 18.5. The molecule has 0 atom stereocenters. The first kappa shape index (κ1) is 27.2. The summed E-state index contributed by atoms with van der Waals surface area (Å²) in [6.07, 6.45) is -0.427. The monoisotopic (exact) mass is 526 g/mol. The molecule has 2 aromatic rings. The van der Waals surface area contributed by atoms with Gasteiger partial charge in [0.25, 0.3) is 11.8 Å². The summed E-state index contributed by atoms with van der Waals surface area (Å²) in [6.45, 7) is 1.40. The fourth-order valence-electron chi connectivity index (χ4n) is 4.26. The molecule has 0 radical (unpaired) electrons. The second kappa shape index (κ2) is 13.7. The van der Waals surface area contributed by atoms with Crippen molar-refractivity contribution in [1.29, 1.82) is 0 Å². The Morgan fingerprint density at radius 1 is 0.789 bits per heavy atom. The topological polar surface area (TPSA) is 130 Å². The molecule has 1 N–H and O–H groups in total. The van der Waals surface area contributed by atoms with Crippen LogP contribution in [0, 0.1) is 0 Å². The van der Waals surface area contributed by atoms with Crippen LogP contribution in [0.3, 0.4) is 0 Å². The Hall–Kier alpha value is -3.80. The minimum atomic E-state index is -0.833. The number of ether oxygens (including phenoxy) is 4. The van der Waals surface area contributed by atoms with Crippen molar-refractivity contribution < 1.29 is 43.0 Å². The molecule has 2 aliphatic rings. The first-order valence-corrected chi connectivity index (χ1v) is 12.4. The van der Waals surface area contributed by atoms with E-state index in [1.807, 2.05) is 24.3 Å². The number of amides is 3. The SMILES string of the molecule is O=C(COCCOCCOCCNC(=O)OCC1c2ccccc2-c2ccccc21)ON1C(=O)CCC1=O. The molecule has 3 amide bonds. The fourth-order valence-corrected chi connectivity index (χ4v) is 4.26. The first-order valence-electron chi connectivity index (χ1n) is 12.4. The molecule has 0 aromatic heterocycles. The van der Waals surface area contributed by atoms with Crippen LogP contribution in [-0.2, 0) is 38.2 Å². The quantitative estimate of drug-likeness (QED) is 0.291. The van der Waals surface area contributed by atoms with Crippen LogP contribution in [0.4, 0.5) is 4.79 Å². The number of rotatable bonds is 14. The highest BCUT2D eigenvalue weighted by Crippen LogP contribution is 2.44. The molecule has 1 aliphatic heterocycles. The molecule has 11 nitrogen and oxygen atoms in total. The predicted octanol–water partition coefficient (Wildman–Crippen LogP) is 2.18. The summed E-state index contributed by atoms with van der Waals surface area (Å²) in [4.78, 5) is 51.2. The van der Waals surface area contributed by atoms with E-state index >= 15 is 0 Å². The maximum Gasteiger partial charge on any atom is 0.407 e. The molecule has 1 saturated heterocycles. The average molecular weight is 527 g/mol. The van der Waals surface area contributed by atoms with E-state index in [9.17, 15) is 19.2 Å². The van der Waals surface area contributed by atoms with Crippen molar-refractivity contribution in [3.05, 3.63) is 59.7 Å². The smallest absolute Gasteiger partial charge is 0.407 e. The maximum absolute atomic E-state index is 12.1. The normalized spacial score (nSPS) is 14.4. The van der Waals surface area contributed by atoms with Gasteiger partial charge in [0, 0.05) is 25.3 Å². The predicted molar refractivity (Wildman–Crippen MR) is 133 cm³/mol. The Bertz CT molecular complexity index is 1090. The maximum atomic E-state index is 12.1. The number of benzene rings is 2. The van der Waals surface area contributed by atoms with Gasteiger partial charge in [-0.25, -0.2) is 9.59 Å². The molecule has 0 unspecified atom stereocenters. The van der Waals surface area contributed by atoms with E-state index in [4.69, 9.17) is 18.9 Å². The number of alkyl carbamates (subject to hydrolysis) is 1. The lowest BCUT2D eigenvalue weighted by Crippen LogP contribution is -2.33. The van der Waals surface area contributed by atoms with Gasteiger partial charge in [0.15, 0.2) is 0 Å². The second-order valence-electron chi connectivity index (χ2n) is 8.57. The van der Waals surface area contributed by atoms with E-state index in [1.165, 1.54) is 11.1 Å². The van der Waals surface area contributed by atoms with Crippen molar-refractivity contribution in [2.75, 3.05) is 52.8 Å². The van der Waals surface area contributed by atoms with Crippen LogP contribution in [0.15, 0.2) is 48.5 Å². The van der Waals surface area contributed by atoms with Crippen molar-refractivity contribution >= 4 is 23.9 Å². The summed E-state index contributed by atoms with van der Waals surface area (Å²) in [5, 5.41) is 3.15. The molecule has 1 heterocycles. The van der Waals surface area contributed by atoms with E-state index < -0.39 is 30.5 Å². The van der Waals surface area contributed by atoms with Crippen LogP contribution in [0.5, 0.6) is 0 Å². The highest BCUT2D eigenvalue weighted by Gasteiger charge is 2.33. The van der Waals surface area contributed by atoms with Gasteiger partial charge in [-0.3, -0.25) is 9.59 Å². The molecule has 4 rings (SSSR count). The molecular weight excluding hydrogens is 496 g/mol. The number of carbonyl (C=O) groups excluding carboxylic acids is 4. The molecule has 202 valence electrons. The molecule has 0 spiro atoms. The van der Waals surface area contributed by atoms with Gasteiger partial charge in [0.1, 0.15) is 13.2 Å². The number of hydrogen-bond donors (Lipinski definition) is 1. The number of nitrogens with one attached hydrogen (secondary N) is 1. The zero-order valence-electron chi connectivity index (χ0n) is 20.9. The fraction of sp³-hybridized carbons (Fsp3) is 0.407. The second-order valence-corrected chi connectivity index (χ2v) is 8.57. The van der Waals surface area contributed by atoms with Crippen molar-refractivity contribution in [3.63, 3.8) is 0 Å². The largest absolute Gasteiger partial charge is 0.449 e. The summed E-state index contributed by atoms with van der Waals surface area (Å²) in [5.41, 5.74) is 4.67. The lowest BCUT2D eigenvalue weighted by molar-refractivity contribution is -0.200. The third kappa shape index (κ3) is 7.15. The van der Waals surface area contributed by atoms with E-state index in [-0.39, 0.29) is 38.6 Å². The van der Waals surface area contributed by atoms with Gasteiger partial charge < -0.3 is 29.1 Å². The van der Waals surface area contributed by atoms with Crippen molar-refractivity contribution in [2.45, 2.75) is 18.8 Å². The van der Waals surface area contributed by atoms with E-state index in [2.05, 4.69) is 34.4 Å². The van der Waals surface area contributed by atoms with Crippen LogP contribution in [-0.4, -0.2) is 81.7 Å². The van der Waals surface area contributed by atoms with Crippen molar-refractivity contribution in [3.8, 4) is 11.1 Å². The van der Waals surface area contributed by atoms with E-state index in [0.717, 1.165) is 11.1 Å². The Balaban J connectivity index is 0.994. The van der Waals surface area contributed by atoms with Crippen molar-refractivity contribution in [1.82, 2.24) is 10.4 Å². The Labute approximate surface area is 219 Å². The number of imide groups is 1. The number of hydrogen-bond acceptors (Lipinski definition) is 9. The van der Waals surface area contributed by atoms with Crippen LogP contribution in [0.1, 0.15) is 29.9 Å². The summed E-state index contributed by atoms with van der Waals surface area (Å²) >= 11 is 0. The number of nitrogens with zero attached hydrogens (tertiary/aromatic N) is 1. The molecular formula is C27H30N2O9.